The number of allylic oxidation sites excluding steroid dienone is 1. The highest BCUT2D eigenvalue weighted by molar-refractivity contribution is 8.14. The van der Waals surface area contributed by atoms with Gasteiger partial charge in [0.15, 0.2) is 5.60 Å². The molecule has 2 aromatic heterocycles. The van der Waals surface area contributed by atoms with Crippen molar-refractivity contribution in [3.63, 3.8) is 0 Å². The van der Waals surface area contributed by atoms with Crippen molar-refractivity contribution >= 4 is 28.9 Å². The van der Waals surface area contributed by atoms with Gasteiger partial charge in [-0.15, -0.1) is 0 Å². The fourth-order valence-electron chi connectivity index (χ4n) is 9.32. The smallest absolute Gasteiger partial charge is 0.375 e. The molecule has 4 aliphatic carbocycles. The standard InChI is InChI=1S/C34H34FN3O5S/c1-32-17-20-19-37-38(23-8-6-22(35)7-9-23)26(20)16-21(32)5-10-24-25-11-12-34(31(41)44-15-13-36,33(25,2)18-27(39)29(24)32)43-30(40)28-4-3-14-42-28/h3-4,6-9,14,16,19,24-25,27,29,39H,5,10-12,15,17-18H2,1-2H3. The molecule has 0 radical (unpaired) electrons. The molecule has 8 nitrogen and oxygen atoms in total. The number of aliphatic hydroxyl groups excluding tert-OH is 1. The van der Waals surface area contributed by atoms with E-state index in [1.165, 1.54) is 30.0 Å². The monoisotopic (exact) mass is 615 g/mol. The Morgan fingerprint density at radius 1 is 1.25 bits per heavy atom. The van der Waals surface area contributed by atoms with E-state index >= 15 is 0 Å². The highest BCUT2D eigenvalue weighted by atomic mass is 32.2. The third-order valence-electron chi connectivity index (χ3n) is 11.2. The number of hydrogen-bond donors (Lipinski definition) is 1. The SMILES string of the molecule is CC12Cc3cnn(-c4ccc(F)cc4)c3C=C1CCC1C2C(O)CC2(C)C1CCC2(OC(=O)c1ccco1)C(=O)SCC#N. The number of nitriles is 1. The molecule has 7 rings (SSSR count). The van der Waals surface area contributed by atoms with Crippen molar-refractivity contribution < 1.29 is 28.2 Å². The Morgan fingerprint density at radius 3 is 2.77 bits per heavy atom. The molecule has 3 aromatic rings. The molecule has 0 amide bonds. The zero-order valence-electron chi connectivity index (χ0n) is 24.7. The lowest BCUT2D eigenvalue weighted by Crippen LogP contribution is -2.62. The van der Waals surface area contributed by atoms with E-state index in [1.54, 1.807) is 18.2 Å². The number of benzene rings is 1. The van der Waals surface area contributed by atoms with Gasteiger partial charge in [0, 0.05) is 5.41 Å². The Hall–Kier alpha value is -3.68. The molecule has 228 valence electrons. The number of rotatable bonds is 5. The van der Waals surface area contributed by atoms with Crippen molar-refractivity contribution in [1.82, 2.24) is 9.78 Å². The number of hydrogen-bond acceptors (Lipinski definition) is 8. The van der Waals surface area contributed by atoms with E-state index in [-0.39, 0.29) is 45.6 Å². The second kappa shape index (κ2) is 10.5. The van der Waals surface area contributed by atoms with Crippen LogP contribution in [0.2, 0.25) is 0 Å². The van der Waals surface area contributed by atoms with Crippen molar-refractivity contribution in [3.05, 3.63) is 77.3 Å². The Labute approximate surface area is 259 Å². The average Bonchev–Trinajstić information content (AvgIpc) is 3.73. The second-order valence-corrected chi connectivity index (χ2v) is 14.1. The molecule has 3 saturated carbocycles. The van der Waals surface area contributed by atoms with E-state index in [0.29, 0.717) is 25.7 Å². The summed E-state index contributed by atoms with van der Waals surface area (Å²) in [5.41, 5.74) is 1.51. The Kier molecular flexibility index (Phi) is 6.90. The van der Waals surface area contributed by atoms with Crippen LogP contribution in [0.25, 0.3) is 11.8 Å². The zero-order valence-corrected chi connectivity index (χ0v) is 25.5. The number of aliphatic hydroxyl groups is 1. The summed E-state index contributed by atoms with van der Waals surface area (Å²) in [7, 11) is 0. The number of esters is 1. The van der Waals surface area contributed by atoms with Crippen molar-refractivity contribution in [3.8, 4) is 11.8 Å². The maximum absolute atomic E-state index is 13.9. The van der Waals surface area contributed by atoms with Gasteiger partial charge in [0.25, 0.3) is 0 Å². The summed E-state index contributed by atoms with van der Waals surface area (Å²) in [6.45, 7) is 4.23. The molecule has 4 aliphatic rings. The second-order valence-electron chi connectivity index (χ2n) is 13.2. The molecule has 3 fully saturated rings. The van der Waals surface area contributed by atoms with Crippen LogP contribution in [0.4, 0.5) is 4.39 Å². The van der Waals surface area contributed by atoms with Crippen molar-refractivity contribution in [2.24, 2.45) is 28.6 Å². The van der Waals surface area contributed by atoms with Gasteiger partial charge in [-0.05, 0) is 110 Å². The summed E-state index contributed by atoms with van der Waals surface area (Å²) in [5.74, 6) is -0.947. The largest absolute Gasteiger partial charge is 0.457 e. The fraction of sp³-hybridized carbons (Fsp3) is 0.471. The number of thioether (sulfide) groups is 1. The number of nitrogens with zero attached hydrogens (tertiary/aromatic N) is 3. The summed E-state index contributed by atoms with van der Waals surface area (Å²) >= 11 is 0.879. The number of aromatic nitrogens is 2. The van der Waals surface area contributed by atoms with Crippen LogP contribution >= 0.6 is 11.8 Å². The van der Waals surface area contributed by atoms with Crippen molar-refractivity contribution in [2.75, 3.05) is 5.75 Å². The molecule has 44 heavy (non-hydrogen) atoms. The van der Waals surface area contributed by atoms with Crippen LogP contribution in [-0.2, 0) is 16.0 Å². The van der Waals surface area contributed by atoms with E-state index in [4.69, 9.17) is 9.15 Å². The van der Waals surface area contributed by atoms with E-state index in [0.717, 1.165) is 41.5 Å². The highest BCUT2D eigenvalue weighted by Gasteiger charge is 2.70. The molecule has 0 spiro atoms. The van der Waals surface area contributed by atoms with Gasteiger partial charge in [0.05, 0.1) is 41.8 Å². The van der Waals surface area contributed by atoms with Gasteiger partial charge >= 0.3 is 5.97 Å². The minimum absolute atomic E-state index is 0.0166. The topological polar surface area (TPSA) is 118 Å². The molecule has 1 N–H and O–H groups in total. The van der Waals surface area contributed by atoms with Gasteiger partial charge in [-0.3, -0.25) is 4.79 Å². The maximum atomic E-state index is 13.9. The molecular formula is C34H34FN3O5S. The summed E-state index contributed by atoms with van der Waals surface area (Å²) < 4.78 is 26.9. The molecule has 0 bridgehead atoms. The predicted molar refractivity (Wildman–Crippen MR) is 161 cm³/mol. The van der Waals surface area contributed by atoms with Gasteiger partial charge in [0.2, 0.25) is 10.9 Å². The Bertz CT molecular complexity index is 1690. The van der Waals surface area contributed by atoms with Crippen LogP contribution in [0.1, 0.15) is 67.8 Å². The summed E-state index contributed by atoms with van der Waals surface area (Å²) in [4.78, 5) is 27.2. The number of ether oxygens (including phenoxy) is 1. The maximum Gasteiger partial charge on any atom is 0.375 e. The van der Waals surface area contributed by atoms with E-state index in [1.807, 2.05) is 23.9 Å². The lowest BCUT2D eigenvalue weighted by atomic mass is 9.45. The molecule has 0 aliphatic heterocycles. The molecule has 2 heterocycles. The summed E-state index contributed by atoms with van der Waals surface area (Å²) in [6, 6.07) is 11.4. The third kappa shape index (κ3) is 4.16. The first kappa shape index (κ1) is 29.1. The van der Waals surface area contributed by atoms with Crippen LogP contribution in [0.5, 0.6) is 0 Å². The first-order chi connectivity index (χ1) is 21.1. The summed E-state index contributed by atoms with van der Waals surface area (Å²) in [6.07, 6.45) is 8.43. The van der Waals surface area contributed by atoms with Gasteiger partial charge in [-0.1, -0.05) is 31.2 Å². The first-order valence-electron chi connectivity index (χ1n) is 15.1. The average molecular weight is 616 g/mol. The summed E-state index contributed by atoms with van der Waals surface area (Å²) in [5, 5.41) is 25.6. The number of carbonyl (C=O) groups excluding carboxylic acids is 2. The van der Waals surface area contributed by atoms with Crippen LogP contribution in [0.3, 0.4) is 0 Å². The number of fused-ring (bicyclic) bond motifs is 6. The van der Waals surface area contributed by atoms with E-state index < -0.39 is 23.1 Å². The van der Waals surface area contributed by atoms with Crippen LogP contribution in [0, 0.1) is 45.7 Å². The number of carbonyl (C=O) groups is 2. The molecule has 0 saturated heterocycles. The van der Waals surface area contributed by atoms with Gasteiger partial charge in [-0.2, -0.15) is 10.4 Å². The fourth-order valence-corrected chi connectivity index (χ4v) is 10.1. The van der Waals surface area contributed by atoms with E-state index in [9.17, 15) is 24.3 Å². The number of furan rings is 1. The van der Waals surface area contributed by atoms with Gasteiger partial charge in [0.1, 0.15) is 5.82 Å². The van der Waals surface area contributed by atoms with Crippen molar-refractivity contribution in [2.45, 2.75) is 64.1 Å². The first-order valence-corrected chi connectivity index (χ1v) is 16.1. The third-order valence-corrected chi connectivity index (χ3v) is 12.1. The molecule has 7 atom stereocenters. The van der Waals surface area contributed by atoms with Crippen molar-refractivity contribution in [1.29, 1.82) is 5.26 Å². The van der Waals surface area contributed by atoms with Crippen LogP contribution in [0.15, 0.2) is 58.8 Å². The normalized spacial score (nSPS) is 33.7. The predicted octanol–water partition coefficient (Wildman–Crippen LogP) is 6.14. The highest BCUT2D eigenvalue weighted by Crippen LogP contribution is 2.69. The molecular weight excluding hydrogens is 581 g/mol. The molecule has 10 heteroatoms. The van der Waals surface area contributed by atoms with Gasteiger partial charge in [-0.25, -0.2) is 13.9 Å². The minimum Gasteiger partial charge on any atom is -0.457 e. The van der Waals surface area contributed by atoms with Crippen LogP contribution in [-0.4, -0.2) is 43.4 Å². The van der Waals surface area contributed by atoms with Gasteiger partial charge < -0.3 is 14.3 Å². The lowest BCUT2D eigenvalue weighted by Gasteiger charge is -2.60. The Balaban J connectivity index is 1.23. The lowest BCUT2D eigenvalue weighted by molar-refractivity contribution is -0.175. The quantitative estimate of drug-likeness (QED) is 0.340. The van der Waals surface area contributed by atoms with E-state index in [2.05, 4.69) is 18.1 Å². The Morgan fingerprint density at radius 2 is 2.05 bits per heavy atom. The zero-order chi connectivity index (χ0) is 30.9. The van der Waals surface area contributed by atoms with Crippen LogP contribution < -0.4 is 0 Å². The molecule has 1 aromatic carbocycles. The molecule has 7 unspecified atom stereocenters. The number of halogens is 1. The minimum atomic E-state index is -1.48.